The van der Waals surface area contributed by atoms with E-state index in [1.165, 1.54) is 5.56 Å². The highest BCUT2D eigenvalue weighted by Crippen LogP contribution is 2.08. The molecular weight excluding hydrogens is 148 g/mol. The summed E-state index contributed by atoms with van der Waals surface area (Å²) in [7, 11) is 0. The van der Waals surface area contributed by atoms with E-state index in [0.717, 1.165) is 5.56 Å². The van der Waals surface area contributed by atoms with E-state index in [2.05, 4.69) is 6.92 Å². The average Bonchev–Trinajstić information content (AvgIpc) is 2.03. The van der Waals surface area contributed by atoms with E-state index in [1.807, 2.05) is 38.1 Å². The van der Waals surface area contributed by atoms with Gasteiger partial charge in [0.2, 0.25) is 0 Å². The number of ether oxygens (including phenoxy) is 1. The van der Waals surface area contributed by atoms with Crippen molar-refractivity contribution in [3.8, 4) is 0 Å². The van der Waals surface area contributed by atoms with E-state index in [0.29, 0.717) is 6.61 Å². The Bertz CT molecular complexity index is 241. The first-order valence-electron chi connectivity index (χ1n) is 4.21. The molecule has 0 spiro atoms. The van der Waals surface area contributed by atoms with Crippen LogP contribution in [0.4, 0.5) is 0 Å². The summed E-state index contributed by atoms with van der Waals surface area (Å²) in [4.78, 5) is 0. The molecule has 0 aromatic heterocycles. The van der Waals surface area contributed by atoms with Gasteiger partial charge in [0, 0.05) is 0 Å². The van der Waals surface area contributed by atoms with Crippen LogP contribution in [-0.2, 0) is 11.3 Å². The Hall–Kier alpha value is -0.820. The number of rotatable bonds is 3. The zero-order chi connectivity index (χ0) is 8.97. The van der Waals surface area contributed by atoms with Gasteiger partial charge in [0.15, 0.2) is 0 Å². The number of hydrogen-bond acceptors (Lipinski definition) is 1. The largest absolute Gasteiger partial charge is 0.374 e. The summed E-state index contributed by atoms with van der Waals surface area (Å²) < 4.78 is 5.47. The Balaban J connectivity index is 2.57. The molecule has 1 rings (SSSR count). The fourth-order valence-electron chi connectivity index (χ4n) is 0.955. The molecule has 0 unspecified atom stereocenters. The molecule has 0 fully saturated rings. The maximum absolute atomic E-state index is 5.47. The van der Waals surface area contributed by atoms with Gasteiger partial charge in [-0.1, -0.05) is 24.3 Å². The molecule has 65 valence electrons. The Morgan fingerprint density at radius 2 is 2.00 bits per heavy atom. The Morgan fingerprint density at radius 1 is 1.33 bits per heavy atom. The molecule has 0 atom stereocenters. The fraction of sp³-hybridized carbons (Fsp3) is 0.364. The molecule has 1 radical (unpaired) electrons. The predicted molar refractivity (Wildman–Crippen MR) is 50.8 cm³/mol. The highest BCUT2D eigenvalue weighted by molar-refractivity contribution is 5.28. The third-order valence-electron chi connectivity index (χ3n) is 1.69. The number of benzene rings is 1. The zero-order valence-corrected chi connectivity index (χ0v) is 7.71. The smallest absolute Gasteiger partial charge is 0.0723 e. The van der Waals surface area contributed by atoms with Crippen LogP contribution in [0.25, 0.3) is 0 Å². The molecule has 0 bridgehead atoms. The first-order chi connectivity index (χ1) is 5.70. The van der Waals surface area contributed by atoms with Crippen molar-refractivity contribution in [1.82, 2.24) is 0 Å². The van der Waals surface area contributed by atoms with Gasteiger partial charge in [0.25, 0.3) is 0 Å². The van der Waals surface area contributed by atoms with Crippen molar-refractivity contribution in [3.05, 3.63) is 42.3 Å². The molecule has 0 amide bonds. The van der Waals surface area contributed by atoms with Gasteiger partial charge < -0.3 is 4.74 Å². The van der Waals surface area contributed by atoms with Crippen molar-refractivity contribution in [2.45, 2.75) is 26.6 Å². The van der Waals surface area contributed by atoms with Crippen LogP contribution in [0.5, 0.6) is 0 Å². The molecule has 0 aliphatic carbocycles. The monoisotopic (exact) mass is 163 g/mol. The third kappa shape index (κ3) is 2.67. The maximum Gasteiger partial charge on any atom is 0.0723 e. The van der Waals surface area contributed by atoms with Gasteiger partial charge in [0.1, 0.15) is 0 Å². The van der Waals surface area contributed by atoms with E-state index < -0.39 is 0 Å². The second-order valence-corrected chi connectivity index (χ2v) is 3.13. The summed E-state index contributed by atoms with van der Waals surface area (Å²) in [6.07, 6.45) is 0.282. The first-order valence-corrected chi connectivity index (χ1v) is 4.21. The van der Waals surface area contributed by atoms with Crippen LogP contribution in [0.15, 0.2) is 24.3 Å². The Kier molecular flexibility index (Phi) is 3.30. The standard InChI is InChI=1S/C11H15O/c1-9(2)12-8-11-7-5-4-6-10(11)3/h4-7,9H,3,8H2,1-2H3. The summed E-state index contributed by atoms with van der Waals surface area (Å²) in [6.45, 7) is 8.65. The first kappa shape index (κ1) is 9.27. The molecule has 0 aliphatic heterocycles. The van der Waals surface area contributed by atoms with Crippen LogP contribution in [0.2, 0.25) is 0 Å². The molecule has 1 aromatic rings. The van der Waals surface area contributed by atoms with Gasteiger partial charge >= 0.3 is 0 Å². The minimum Gasteiger partial charge on any atom is -0.374 e. The molecule has 0 aliphatic rings. The van der Waals surface area contributed by atoms with Crippen LogP contribution in [0.1, 0.15) is 25.0 Å². The van der Waals surface area contributed by atoms with Gasteiger partial charge in [-0.2, -0.15) is 0 Å². The molecule has 0 heterocycles. The van der Waals surface area contributed by atoms with Gasteiger partial charge in [-0.3, -0.25) is 0 Å². The minimum atomic E-state index is 0.282. The second kappa shape index (κ2) is 4.27. The van der Waals surface area contributed by atoms with Crippen LogP contribution >= 0.6 is 0 Å². The van der Waals surface area contributed by atoms with Crippen LogP contribution in [-0.4, -0.2) is 6.10 Å². The predicted octanol–water partition coefficient (Wildman–Crippen LogP) is 2.79. The summed E-state index contributed by atoms with van der Waals surface area (Å²) >= 11 is 0. The Morgan fingerprint density at radius 3 is 2.58 bits per heavy atom. The molecule has 0 N–H and O–H groups in total. The summed E-state index contributed by atoms with van der Waals surface area (Å²) in [5.41, 5.74) is 2.23. The lowest BCUT2D eigenvalue weighted by atomic mass is 10.1. The van der Waals surface area contributed by atoms with Crippen molar-refractivity contribution in [1.29, 1.82) is 0 Å². The third-order valence-corrected chi connectivity index (χ3v) is 1.69. The van der Waals surface area contributed by atoms with Crippen LogP contribution in [0.3, 0.4) is 0 Å². The van der Waals surface area contributed by atoms with Crippen molar-refractivity contribution >= 4 is 0 Å². The lowest BCUT2D eigenvalue weighted by molar-refractivity contribution is 0.0655. The summed E-state index contributed by atoms with van der Waals surface area (Å²) in [5, 5.41) is 0. The van der Waals surface area contributed by atoms with E-state index >= 15 is 0 Å². The molecule has 1 heteroatoms. The topological polar surface area (TPSA) is 9.23 Å². The summed E-state index contributed by atoms with van der Waals surface area (Å²) in [5.74, 6) is 0. The summed E-state index contributed by atoms with van der Waals surface area (Å²) in [6, 6.07) is 8.04. The molecule has 1 nitrogen and oxygen atoms in total. The lowest BCUT2D eigenvalue weighted by Crippen LogP contribution is -2.03. The van der Waals surface area contributed by atoms with E-state index in [9.17, 15) is 0 Å². The molecular formula is C11H15O. The van der Waals surface area contributed by atoms with Gasteiger partial charge in [-0.25, -0.2) is 0 Å². The van der Waals surface area contributed by atoms with Crippen molar-refractivity contribution in [2.24, 2.45) is 0 Å². The molecule has 0 saturated carbocycles. The normalized spacial score (nSPS) is 10.7. The fourth-order valence-corrected chi connectivity index (χ4v) is 0.955. The van der Waals surface area contributed by atoms with Gasteiger partial charge in [-0.15, -0.1) is 0 Å². The quantitative estimate of drug-likeness (QED) is 0.665. The van der Waals surface area contributed by atoms with Crippen molar-refractivity contribution < 1.29 is 4.74 Å². The molecule has 1 aromatic carbocycles. The Labute approximate surface area is 74.4 Å². The lowest BCUT2D eigenvalue weighted by Gasteiger charge is -2.09. The SMILES string of the molecule is [CH2]c1ccccc1COC(C)C. The van der Waals surface area contributed by atoms with Gasteiger partial charge in [0.05, 0.1) is 12.7 Å². The highest BCUT2D eigenvalue weighted by atomic mass is 16.5. The maximum atomic E-state index is 5.47. The number of hydrogen-bond donors (Lipinski definition) is 0. The van der Waals surface area contributed by atoms with E-state index in [-0.39, 0.29) is 6.10 Å². The highest BCUT2D eigenvalue weighted by Gasteiger charge is 1.98. The van der Waals surface area contributed by atoms with Crippen molar-refractivity contribution in [3.63, 3.8) is 0 Å². The van der Waals surface area contributed by atoms with Crippen molar-refractivity contribution in [2.75, 3.05) is 0 Å². The second-order valence-electron chi connectivity index (χ2n) is 3.13. The zero-order valence-electron chi connectivity index (χ0n) is 7.71. The van der Waals surface area contributed by atoms with E-state index in [1.54, 1.807) is 0 Å². The van der Waals surface area contributed by atoms with Crippen LogP contribution < -0.4 is 0 Å². The average molecular weight is 163 g/mol. The minimum absolute atomic E-state index is 0.282. The van der Waals surface area contributed by atoms with Crippen LogP contribution in [0, 0.1) is 6.92 Å². The molecule has 12 heavy (non-hydrogen) atoms. The van der Waals surface area contributed by atoms with Gasteiger partial charge in [-0.05, 0) is 31.9 Å². The molecule has 0 saturated heterocycles. The van der Waals surface area contributed by atoms with E-state index in [4.69, 9.17) is 4.74 Å².